The molecular formula is C15H22ClN3OS. The molecule has 0 radical (unpaired) electrons. The Morgan fingerprint density at radius 2 is 2.14 bits per heavy atom. The summed E-state index contributed by atoms with van der Waals surface area (Å²) in [4.78, 5) is 10.9. The number of fused-ring (bicyclic) bond motifs is 1. The van der Waals surface area contributed by atoms with Crippen LogP contribution in [0.5, 0.6) is 0 Å². The van der Waals surface area contributed by atoms with Crippen LogP contribution in [0.2, 0.25) is 5.28 Å². The standard InChI is InChI=1S/C15H22ClN3OS/c1-5-10-8-11-12(18-14(16)19-13(11)21-10)17-9-15(2,3)6-7-20-4/h8H,5-7,9H2,1-4H3,(H,17,18,19). The molecule has 0 bridgehead atoms. The van der Waals surface area contributed by atoms with Gasteiger partial charge in [-0.3, -0.25) is 0 Å². The van der Waals surface area contributed by atoms with Gasteiger partial charge in [-0.2, -0.15) is 0 Å². The van der Waals surface area contributed by atoms with Gasteiger partial charge in [0.15, 0.2) is 0 Å². The minimum atomic E-state index is 0.128. The van der Waals surface area contributed by atoms with Gasteiger partial charge in [-0.1, -0.05) is 20.8 Å². The average Bonchev–Trinajstić information content (AvgIpc) is 2.85. The monoisotopic (exact) mass is 327 g/mol. The van der Waals surface area contributed by atoms with Crippen LogP contribution in [0.3, 0.4) is 0 Å². The van der Waals surface area contributed by atoms with Gasteiger partial charge in [-0.05, 0) is 35.9 Å². The highest BCUT2D eigenvalue weighted by Crippen LogP contribution is 2.31. The van der Waals surface area contributed by atoms with Gasteiger partial charge < -0.3 is 10.1 Å². The highest BCUT2D eigenvalue weighted by Gasteiger charge is 2.19. The molecule has 21 heavy (non-hydrogen) atoms. The zero-order valence-corrected chi connectivity index (χ0v) is 14.6. The van der Waals surface area contributed by atoms with Crippen molar-refractivity contribution in [3.8, 4) is 0 Å². The minimum absolute atomic E-state index is 0.128. The van der Waals surface area contributed by atoms with Crippen molar-refractivity contribution in [1.82, 2.24) is 9.97 Å². The van der Waals surface area contributed by atoms with E-state index in [-0.39, 0.29) is 5.41 Å². The summed E-state index contributed by atoms with van der Waals surface area (Å²) in [6.45, 7) is 8.14. The van der Waals surface area contributed by atoms with Gasteiger partial charge in [-0.15, -0.1) is 11.3 Å². The first-order valence-electron chi connectivity index (χ1n) is 7.14. The van der Waals surface area contributed by atoms with Crippen molar-refractivity contribution in [1.29, 1.82) is 0 Å². The molecule has 2 aromatic heterocycles. The van der Waals surface area contributed by atoms with Gasteiger partial charge in [0, 0.05) is 25.1 Å². The number of ether oxygens (including phenoxy) is 1. The zero-order valence-electron chi connectivity index (χ0n) is 13.0. The molecule has 0 saturated heterocycles. The Balaban J connectivity index is 2.19. The van der Waals surface area contributed by atoms with Crippen LogP contribution in [0, 0.1) is 5.41 Å². The van der Waals surface area contributed by atoms with Gasteiger partial charge in [0.1, 0.15) is 10.6 Å². The maximum Gasteiger partial charge on any atom is 0.225 e. The van der Waals surface area contributed by atoms with E-state index in [1.807, 2.05) is 0 Å². The summed E-state index contributed by atoms with van der Waals surface area (Å²) in [7, 11) is 1.73. The third-order valence-corrected chi connectivity index (χ3v) is 4.82. The van der Waals surface area contributed by atoms with E-state index in [0.717, 1.165) is 42.0 Å². The summed E-state index contributed by atoms with van der Waals surface area (Å²) in [5.41, 5.74) is 0.128. The summed E-state index contributed by atoms with van der Waals surface area (Å²) >= 11 is 7.71. The predicted molar refractivity (Wildman–Crippen MR) is 90.6 cm³/mol. The number of halogens is 1. The molecule has 0 aliphatic heterocycles. The Morgan fingerprint density at radius 3 is 2.81 bits per heavy atom. The maximum atomic E-state index is 6.03. The second-order valence-corrected chi connectivity index (χ2v) is 7.34. The Kier molecular flexibility index (Phi) is 5.41. The smallest absolute Gasteiger partial charge is 0.225 e. The first-order valence-corrected chi connectivity index (χ1v) is 8.33. The van der Waals surface area contributed by atoms with Gasteiger partial charge >= 0.3 is 0 Å². The number of nitrogens with zero attached hydrogens (tertiary/aromatic N) is 2. The summed E-state index contributed by atoms with van der Waals surface area (Å²) in [6.07, 6.45) is 1.99. The van der Waals surface area contributed by atoms with Crippen LogP contribution in [0.15, 0.2) is 6.07 Å². The van der Waals surface area contributed by atoms with Crippen LogP contribution < -0.4 is 5.32 Å². The van der Waals surface area contributed by atoms with Crippen LogP contribution in [0.4, 0.5) is 5.82 Å². The lowest BCUT2D eigenvalue weighted by atomic mass is 9.90. The molecule has 4 nitrogen and oxygen atoms in total. The van der Waals surface area contributed by atoms with Crippen LogP contribution in [-0.4, -0.2) is 30.2 Å². The number of methoxy groups -OCH3 is 1. The highest BCUT2D eigenvalue weighted by molar-refractivity contribution is 7.18. The van der Waals surface area contributed by atoms with Gasteiger partial charge in [-0.25, -0.2) is 9.97 Å². The zero-order chi connectivity index (χ0) is 15.5. The minimum Gasteiger partial charge on any atom is -0.385 e. The van der Waals surface area contributed by atoms with Gasteiger partial charge in [0.25, 0.3) is 0 Å². The van der Waals surface area contributed by atoms with E-state index in [4.69, 9.17) is 16.3 Å². The quantitative estimate of drug-likeness (QED) is 0.766. The van der Waals surface area contributed by atoms with E-state index in [1.165, 1.54) is 4.88 Å². The predicted octanol–water partition coefficient (Wildman–Crippen LogP) is 4.38. The SMILES string of the molecule is CCc1cc2c(NCC(C)(C)CCOC)nc(Cl)nc2s1. The highest BCUT2D eigenvalue weighted by atomic mass is 35.5. The van der Waals surface area contributed by atoms with Crippen LogP contribution in [0.1, 0.15) is 32.1 Å². The topological polar surface area (TPSA) is 47.0 Å². The second-order valence-electron chi connectivity index (χ2n) is 5.89. The number of aromatic nitrogens is 2. The molecule has 0 aliphatic rings. The van der Waals surface area contributed by atoms with E-state index < -0.39 is 0 Å². The normalized spacial score (nSPS) is 12.0. The summed E-state index contributed by atoms with van der Waals surface area (Å²) in [5, 5.41) is 4.79. The lowest BCUT2D eigenvalue weighted by molar-refractivity contribution is 0.157. The van der Waals surface area contributed by atoms with Crippen molar-refractivity contribution < 1.29 is 4.74 Å². The number of hydrogen-bond acceptors (Lipinski definition) is 5. The Hall–Kier alpha value is -0.910. The molecule has 0 amide bonds. The fraction of sp³-hybridized carbons (Fsp3) is 0.600. The third kappa shape index (κ3) is 4.28. The first kappa shape index (κ1) is 16.5. The number of anilines is 1. The Bertz CT molecular complexity index is 612. The van der Waals surface area contributed by atoms with Gasteiger partial charge in [0.2, 0.25) is 5.28 Å². The molecule has 1 N–H and O–H groups in total. The summed E-state index contributed by atoms with van der Waals surface area (Å²) < 4.78 is 5.16. The van der Waals surface area contributed by atoms with E-state index in [2.05, 4.69) is 42.1 Å². The number of hydrogen-bond donors (Lipinski definition) is 1. The Morgan fingerprint density at radius 1 is 1.38 bits per heavy atom. The molecule has 0 aromatic carbocycles. The van der Waals surface area contributed by atoms with Crippen LogP contribution in [0.25, 0.3) is 10.2 Å². The molecule has 116 valence electrons. The van der Waals surface area contributed by atoms with Gasteiger partial charge in [0.05, 0.1) is 5.39 Å². The maximum absolute atomic E-state index is 6.03. The van der Waals surface area contributed by atoms with Crippen molar-refractivity contribution >= 4 is 39.0 Å². The largest absolute Gasteiger partial charge is 0.385 e. The molecule has 0 fully saturated rings. The van der Waals surface area contributed by atoms with Crippen molar-refractivity contribution in [2.45, 2.75) is 33.6 Å². The molecular weight excluding hydrogens is 306 g/mol. The Labute approximate surface area is 134 Å². The first-order chi connectivity index (χ1) is 9.95. The van der Waals surface area contributed by atoms with Crippen LogP contribution >= 0.6 is 22.9 Å². The fourth-order valence-corrected chi connectivity index (χ4v) is 3.23. The molecule has 2 heterocycles. The lowest BCUT2D eigenvalue weighted by Gasteiger charge is -2.25. The number of thiophene rings is 1. The van der Waals surface area contributed by atoms with Crippen molar-refractivity contribution in [3.05, 3.63) is 16.2 Å². The fourth-order valence-electron chi connectivity index (χ4n) is 2.04. The van der Waals surface area contributed by atoms with E-state index in [1.54, 1.807) is 18.4 Å². The number of nitrogens with one attached hydrogen (secondary N) is 1. The molecule has 2 aromatic rings. The molecule has 0 spiro atoms. The molecule has 0 aliphatic carbocycles. The average molecular weight is 328 g/mol. The summed E-state index contributed by atoms with van der Waals surface area (Å²) in [6, 6.07) is 2.15. The van der Waals surface area contributed by atoms with Crippen molar-refractivity contribution in [2.24, 2.45) is 5.41 Å². The van der Waals surface area contributed by atoms with Crippen molar-refractivity contribution in [2.75, 3.05) is 25.6 Å². The molecule has 0 unspecified atom stereocenters. The molecule has 0 atom stereocenters. The molecule has 2 rings (SSSR count). The third-order valence-electron chi connectivity index (χ3n) is 3.48. The van der Waals surface area contributed by atoms with Crippen LogP contribution in [-0.2, 0) is 11.2 Å². The van der Waals surface area contributed by atoms with E-state index in [0.29, 0.717) is 5.28 Å². The van der Waals surface area contributed by atoms with E-state index in [9.17, 15) is 0 Å². The number of rotatable bonds is 7. The molecule has 6 heteroatoms. The lowest BCUT2D eigenvalue weighted by Crippen LogP contribution is -2.25. The van der Waals surface area contributed by atoms with E-state index >= 15 is 0 Å². The molecule has 0 saturated carbocycles. The number of aryl methyl sites for hydroxylation is 1. The summed E-state index contributed by atoms with van der Waals surface area (Å²) in [5.74, 6) is 0.825. The second kappa shape index (κ2) is 6.90. The van der Waals surface area contributed by atoms with Crippen molar-refractivity contribution in [3.63, 3.8) is 0 Å².